The summed E-state index contributed by atoms with van der Waals surface area (Å²) in [6.07, 6.45) is 7.60. The van der Waals surface area contributed by atoms with Crippen LogP contribution in [0, 0.1) is 12.8 Å². The molecule has 0 aliphatic heterocycles. The SMILES string of the molecule is CCC(Nc1cc(C)nc(C(=O)OC)n1)C1CCCCC1. The number of carbonyl (C=O) groups is 1. The lowest BCUT2D eigenvalue weighted by molar-refractivity contribution is 0.0586. The quantitative estimate of drug-likeness (QED) is 0.843. The molecule has 1 aromatic heterocycles. The number of hydrogen-bond donors (Lipinski definition) is 1. The van der Waals surface area contributed by atoms with Crippen molar-refractivity contribution in [2.75, 3.05) is 12.4 Å². The normalized spacial score (nSPS) is 17.3. The summed E-state index contributed by atoms with van der Waals surface area (Å²) in [7, 11) is 1.35. The van der Waals surface area contributed by atoms with Crippen LogP contribution >= 0.6 is 0 Å². The van der Waals surface area contributed by atoms with Crippen LogP contribution in [-0.2, 0) is 4.74 Å². The Morgan fingerprint density at radius 3 is 2.71 bits per heavy atom. The van der Waals surface area contributed by atoms with Gasteiger partial charge in [-0.2, -0.15) is 0 Å². The van der Waals surface area contributed by atoms with Gasteiger partial charge in [-0.3, -0.25) is 0 Å². The Morgan fingerprint density at radius 2 is 2.10 bits per heavy atom. The summed E-state index contributed by atoms with van der Waals surface area (Å²) < 4.78 is 4.70. The van der Waals surface area contributed by atoms with Gasteiger partial charge in [-0.1, -0.05) is 26.2 Å². The third-order valence-electron chi connectivity index (χ3n) is 4.21. The van der Waals surface area contributed by atoms with E-state index in [9.17, 15) is 4.79 Å². The third kappa shape index (κ3) is 4.16. The largest absolute Gasteiger partial charge is 0.463 e. The molecule has 1 unspecified atom stereocenters. The summed E-state index contributed by atoms with van der Waals surface area (Å²) >= 11 is 0. The summed E-state index contributed by atoms with van der Waals surface area (Å²) in [4.78, 5) is 20.0. The topological polar surface area (TPSA) is 64.1 Å². The van der Waals surface area contributed by atoms with Crippen molar-refractivity contribution < 1.29 is 9.53 Å². The minimum atomic E-state index is -0.493. The number of aryl methyl sites for hydroxylation is 1. The first-order chi connectivity index (χ1) is 10.1. The first-order valence-corrected chi connectivity index (χ1v) is 7.84. The molecule has 5 nitrogen and oxygen atoms in total. The van der Waals surface area contributed by atoms with Gasteiger partial charge in [-0.15, -0.1) is 0 Å². The highest BCUT2D eigenvalue weighted by atomic mass is 16.5. The number of nitrogens with zero attached hydrogens (tertiary/aromatic N) is 2. The predicted molar refractivity (Wildman–Crippen MR) is 82.4 cm³/mol. The van der Waals surface area contributed by atoms with Gasteiger partial charge in [0, 0.05) is 17.8 Å². The number of ether oxygens (including phenoxy) is 1. The average molecular weight is 291 g/mol. The van der Waals surface area contributed by atoms with E-state index in [1.807, 2.05) is 13.0 Å². The van der Waals surface area contributed by atoms with Gasteiger partial charge in [0.05, 0.1) is 7.11 Å². The molecule has 1 saturated carbocycles. The Hall–Kier alpha value is -1.65. The molecule has 1 fully saturated rings. The van der Waals surface area contributed by atoms with Gasteiger partial charge in [-0.25, -0.2) is 14.8 Å². The maximum Gasteiger partial charge on any atom is 0.376 e. The molecule has 1 aliphatic rings. The highest BCUT2D eigenvalue weighted by Crippen LogP contribution is 2.29. The van der Waals surface area contributed by atoms with E-state index in [4.69, 9.17) is 4.74 Å². The summed E-state index contributed by atoms with van der Waals surface area (Å²) in [5, 5.41) is 3.50. The molecule has 21 heavy (non-hydrogen) atoms. The molecule has 1 atom stereocenters. The standard InChI is InChI=1S/C16H25N3O2/c1-4-13(12-8-6-5-7-9-12)18-14-10-11(2)17-15(19-14)16(20)21-3/h10,12-13H,4-9H2,1-3H3,(H,17,18,19). The van der Waals surface area contributed by atoms with Crippen molar-refractivity contribution in [1.29, 1.82) is 0 Å². The number of carbonyl (C=O) groups excluding carboxylic acids is 1. The number of aromatic nitrogens is 2. The highest BCUT2D eigenvalue weighted by molar-refractivity contribution is 5.85. The van der Waals surface area contributed by atoms with Crippen LogP contribution in [0.4, 0.5) is 5.82 Å². The number of hydrogen-bond acceptors (Lipinski definition) is 5. The lowest BCUT2D eigenvalue weighted by Gasteiger charge is -2.30. The van der Waals surface area contributed by atoms with Crippen molar-refractivity contribution in [3.8, 4) is 0 Å². The fourth-order valence-electron chi connectivity index (χ4n) is 3.10. The molecular weight excluding hydrogens is 266 g/mol. The Bertz CT molecular complexity index is 484. The van der Waals surface area contributed by atoms with Crippen molar-refractivity contribution in [2.24, 2.45) is 5.92 Å². The summed E-state index contributed by atoms with van der Waals surface area (Å²) in [5.41, 5.74) is 0.770. The minimum absolute atomic E-state index is 0.124. The lowest BCUT2D eigenvalue weighted by atomic mass is 9.83. The zero-order chi connectivity index (χ0) is 15.2. The van der Waals surface area contributed by atoms with Crippen LogP contribution in [0.2, 0.25) is 0 Å². The van der Waals surface area contributed by atoms with Gasteiger partial charge in [0.2, 0.25) is 5.82 Å². The average Bonchev–Trinajstić information content (AvgIpc) is 2.52. The molecule has 0 spiro atoms. The van der Waals surface area contributed by atoms with E-state index in [1.54, 1.807) is 0 Å². The second-order valence-corrected chi connectivity index (χ2v) is 5.77. The van der Waals surface area contributed by atoms with E-state index in [1.165, 1.54) is 39.2 Å². The molecule has 5 heteroatoms. The monoisotopic (exact) mass is 291 g/mol. The number of nitrogens with one attached hydrogen (secondary N) is 1. The maximum absolute atomic E-state index is 11.6. The van der Waals surface area contributed by atoms with Gasteiger partial charge in [0.25, 0.3) is 0 Å². The second-order valence-electron chi connectivity index (χ2n) is 5.77. The molecule has 116 valence electrons. The Balaban J connectivity index is 2.12. The van der Waals surface area contributed by atoms with Gasteiger partial charge in [0.1, 0.15) is 5.82 Å². The van der Waals surface area contributed by atoms with E-state index in [0.717, 1.165) is 17.9 Å². The van der Waals surface area contributed by atoms with Gasteiger partial charge >= 0.3 is 5.97 Å². The van der Waals surface area contributed by atoms with Crippen LogP contribution in [0.25, 0.3) is 0 Å². The molecule has 0 bridgehead atoms. The van der Waals surface area contributed by atoms with Crippen LogP contribution in [0.3, 0.4) is 0 Å². The number of anilines is 1. The second kappa shape index (κ2) is 7.38. The van der Waals surface area contributed by atoms with E-state index in [-0.39, 0.29) is 5.82 Å². The van der Waals surface area contributed by atoms with Crippen molar-refractivity contribution in [3.05, 3.63) is 17.6 Å². The van der Waals surface area contributed by atoms with Crippen LogP contribution in [0.15, 0.2) is 6.07 Å². The fourth-order valence-corrected chi connectivity index (χ4v) is 3.10. The fraction of sp³-hybridized carbons (Fsp3) is 0.688. The van der Waals surface area contributed by atoms with Crippen LogP contribution in [0.5, 0.6) is 0 Å². The molecule has 1 heterocycles. The van der Waals surface area contributed by atoms with Gasteiger partial charge in [-0.05, 0) is 32.1 Å². The zero-order valence-corrected chi connectivity index (χ0v) is 13.2. The van der Waals surface area contributed by atoms with Gasteiger partial charge < -0.3 is 10.1 Å². The molecular formula is C16H25N3O2. The summed E-state index contributed by atoms with van der Waals surface area (Å²) in [5.74, 6) is 1.05. The van der Waals surface area contributed by atoms with E-state index >= 15 is 0 Å². The molecule has 0 aromatic carbocycles. The molecule has 0 amide bonds. The number of rotatable bonds is 5. The van der Waals surface area contributed by atoms with Crippen molar-refractivity contribution in [3.63, 3.8) is 0 Å². The Labute approximate surface area is 126 Å². The van der Waals surface area contributed by atoms with Crippen molar-refractivity contribution in [2.45, 2.75) is 58.4 Å². The van der Waals surface area contributed by atoms with E-state index < -0.39 is 5.97 Å². The zero-order valence-electron chi connectivity index (χ0n) is 13.2. The third-order valence-corrected chi connectivity index (χ3v) is 4.21. The molecule has 0 saturated heterocycles. The summed E-state index contributed by atoms with van der Waals surface area (Å²) in [6.45, 7) is 4.06. The Morgan fingerprint density at radius 1 is 1.38 bits per heavy atom. The first kappa shape index (κ1) is 15.7. The van der Waals surface area contributed by atoms with E-state index in [2.05, 4.69) is 22.2 Å². The number of methoxy groups -OCH3 is 1. The number of esters is 1. The van der Waals surface area contributed by atoms with Gasteiger partial charge in [0.15, 0.2) is 0 Å². The minimum Gasteiger partial charge on any atom is -0.463 e. The van der Waals surface area contributed by atoms with Crippen LogP contribution in [-0.4, -0.2) is 29.1 Å². The highest BCUT2D eigenvalue weighted by Gasteiger charge is 2.23. The van der Waals surface area contributed by atoms with E-state index in [0.29, 0.717) is 12.0 Å². The van der Waals surface area contributed by atoms with Crippen molar-refractivity contribution >= 4 is 11.8 Å². The van der Waals surface area contributed by atoms with Crippen LogP contribution in [0.1, 0.15) is 61.8 Å². The molecule has 0 radical (unpaired) electrons. The summed E-state index contributed by atoms with van der Waals surface area (Å²) in [6, 6.07) is 2.29. The predicted octanol–water partition coefficient (Wildman–Crippen LogP) is 3.34. The molecule has 2 rings (SSSR count). The van der Waals surface area contributed by atoms with Crippen LogP contribution < -0.4 is 5.32 Å². The molecule has 1 N–H and O–H groups in total. The Kier molecular flexibility index (Phi) is 5.53. The lowest BCUT2D eigenvalue weighted by Crippen LogP contribution is -2.30. The maximum atomic E-state index is 11.6. The first-order valence-electron chi connectivity index (χ1n) is 7.84. The van der Waals surface area contributed by atoms with Crippen molar-refractivity contribution in [1.82, 2.24) is 9.97 Å². The molecule has 1 aromatic rings. The molecule has 1 aliphatic carbocycles. The smallest absolute Gasteiger partial charge is 0.376 e.